The third-order valence-corrected chi connectivity index (χ3v) is 4.40. The Morgan fingerprint density at radius 1 is 0.952 bits per heavy atom. The van der Waals surface area contributed by atoms with Crippen LogP contribution in [0, 0.1) is 0 Å². The average molecular weight is 390 g/mol. The second kappa shape index (κ2) is 7.39. The summed E-state index contributed by atoms with van der Waals surface area (Å²) in [5, 5.41) is 1.27. The second-order valence-electron chi connectivity index (χ2n) is 4.56. The molecule has 0 bridgehead atoms. The first-order chi connectivity index (χ1) is 10.0. The van der Waals surface area contributed by atoms with E-state index in [4.69, 9.17) is 32.7 Å². The van der Waals surface area contributed by atoms with Gasteiger partial charge in [0.1, 0.15) is 0 Å². The van der Waals surface area contributed by atoms with Crippen molar-refractivity contribution in [3.05, 3.63) is 57.6 Å². The smallest absolute Gasteiger partial charge is 0.160 e. The van der Waals surface area contributed by atoms with E-state index in [-0.39, 0.29) is 4.83 Å². The van der Waals surface area contributed by atoms with E-state index in [1.165, 1.54) is 0 Å². The van der Waals surface area contributed by atoms with Crippen molar-refractivity contribution < 1.29 is 9.47 Å². The number of rotatable bonds is 5. The fraction of sp³-hybridized carbons (Fsp3) is 0.250. The van der Waals surface area contributed by atoms with Crippen molar-refractivity contribution in [2.45, 2.75) is 11.2 Å². The summed E-state index contributed by atoms with van der Waals surface area (Å²) in [6.07, 6.45) is 0.789. The molecule has 0 saturated carbocycles. The van der Waals surface area contributed by atoms with Gasteiger partial charge in [0.25, 0.3) is 0 Å². The van der Waals surface area contributed by atoms with E-state index in [0.717, 1.165) is 29.0 Å². The summed E-state index contributed by atoms with van der Waals surface area (Å²) in [7, 11) is 3.25. The Morgan fingerprint density at radius 3 is 2.14 bits per heavy atom. The van der Waals surface area contributed by atoms with E-state index in [2.05, 4.69) is 15.9 Å². The van der Waals surface area contributed by atoms with E-state index in [9.17, 15) is 0 Å². The quantitative estimate of drug-likeness (QED) is 0.611. The van der Waals surface area contributed by atoms with Crippen molar-refractivity contribution in [2.75, 3.05) is 14.2 Å². The fourth-order valence-corrected chi connectivity index (χ4v) is 3.27. The minimum absolute atomic E-state index is 0.117. The van der Waals surface area contributed by atoms with E-state index in [1.54, 1.807) is 20.3 Å². The van der Waals surface area contributed by atoms with Crippen molar-refractivity contribution in [2.24, 2.45) is 0 Å². The van der Waals surface area contributed by atoms with E-state index in [1.807, 2.05) is 30.3 Å². The Morgan fingerprint density at radius 2 is 1.57 bits per heavy atom. The van der Waals surface area contributed by atoms with Gasteiger partial charge >= 0.3 is 0 Å². The topological polar surface area (TPSA) is 18.5 Å². The Labute approximate surface area is 143 Å². The van der Waals surface area contributed by atoms with Crippen LogP contribution in [-0.2, 0) is 6.42 Å². The maximum atomic E-state index is 6.04. The highest BCUT2D eigenvalue weighted by Gasteiger charge is 2.12. The van der Waals surface area contributed by atoms with E-state index in [0.29, 0.717) is 10.0 Å². The predicted molar refractivity (Wildman–Crippen MR) is 91.4 cm³/mol. The summed E-state index contributed by atoms with van der Waals surface area (Å²) in [4.78, 5) is 0.117. The van der Waals surface area contributed by atoms with Crippen molar-refractivity contribution in [1.29, 1.82) is 0 Å². The minimum Gasteiger partial charge on any atom is -0.493 e. The lowest BCUT2D eigenvalue weighted by atomic mass is 10.0. The van der Waals surface area contributed by atoms with Crippen LogP contribution >= 0.6 is 39.1 Å². The van der Waals surface area contributed by atoms with Gasteiger partial charge in [0.15, 0.2) is 11.5 Å². The molecule has 0 fully saturated rings. The van der Waals surface area contributed by atoms with Crippen LogP contribution in [0.3, 0.4) is 0 Å². The van der Waals surface area contributed by atoms with Crippen LogP contribution in [0.1, 0.15) is 16.0 Å². The summed E-state index contributed by atoms with van der Waals surface area (Å²) < 4.78 is 10.6. The Kier molecular flexibility index (Phi) is 5.80. The zero-order valence-electron chi connectivity index (χ0n) is 11.7. The SMILES string of the molecule is COc1ccc(CC(Br)c2cc(Cl)cc(Cl)c2)cc1OC. The molecule has 2 rings (SSSR count). The molecule has 0 heterocycles. The third kappa shape index (κ3) is 4.29. The van der Waals surface area contributed by atoms with Crippen molar-refractivity contribution in [3.63, 3.8) is 0 Å². The van der Waals surface area contributed by atoms with Crippen LogP contribution in [-0.4, -0.2) is 14.2 Å². The van der Waals surface area contributed by atoms with E-state index < -0.39 is 0 Å². The van der Waals surface area contributed by atoms with Crippen LogP contribution in [0.25, 0.3) is 0 Å². The average Bonchev–Trinajstić information content (AvgIpc) is 2.46. The molecule has 2 aromatic carbocycles. The number of alkyl halides is 1. The van der Waals surface area contributed by atoms with Gasteiger partial charge in [-0.15, -0.1) is 0 Å². The zero-order valence-corrected chi connectivity index (χ0v) is 14.8. The van der Waals surface area contributed by atoms with Crippen molar-refractivity contribution in [1.82, 2.24) is 0 Å². The number of methoxy groups -OCH3 is 2. The molecule has 0 saturated heterocycles. The van der Waals surface area contributed by atoms with Gasteiger partial charge < -0.3 is 9.47 Å². The molecule has 1 atom stereocenters. The molecule has 0 radical (unpaired) electrons. The van der Waals surface area contributed by atoms with Crippen LogP contribution < -0.4 is 9.47 Å². The van der Waals surface area contributed by atoms with Gasteiger partial charge in [-0.25, -0.2) is 0 Å². The molecule has 0 aromatic heterocycles. The lowest BCUT2D eigenvalue weighted by Gasteiger charge is -2.13. The summed E-state index contributed by atoms with van der Waals surface area (Å²) in [5.41, 5.74) is 2.17. The maximum absolute atomic E-state index is 6.04. The molecule has 0 aliphatic carbocycles. The number of ether oxygens (including phenoxy) is 2. The summed E-state index contributed by atoms with van der Waals surface area (Å²) in [5.74, 6) is 1.44. The normalized spacial score (nSPS) is 12.0. The Hall–Kier alpha value is -0.900. The van der Waals surface area contributed by atoms with Gasteiger partial charge in [0.2, 0.25) is 0 Å². The molecular weight excluding hydrogens is 375 g/mol. The van der Waals surface area contributed by atoms with E-state index >= 15 is 0 Å². The molecular formula is C16H15BrCl2O2. The van der Waals surface area contributed by atoms with Crippen molar-refractivity contribution >= 4 is 39.1 Å². The molecule has 1 unspecified atom stereocenters. The predicted octanol–water partition coefficient (Wildman–Crippen LogP) is 5.69. The standard InChI is InChI=1S/C16H15BrCl2O2/c1-20-15-4-3-10(6-16(15)21-2)5-14(17)11-7-12(18)9-13(19)8-11/h3-4,6-9,14H,5H2,1-2H3. The number of hydrogen-bond donors (Lipinski definition) is 0. The van der Waals surface area contributed by atoms with Crippen LogP contribution in [0.2, 0.25) is 10.0 Å². The van der Waals surface area contributed by atoms with Crippen LogP contribution in [0.15, 0.2) is 36.4 Å². The number of benzene rings is 2. The van der Waals surface area contributed by atoms with Gasteiger partial charge in [-0.05, 0) is 47.9 Å². The van der Waals surface area contributed by atoms with Gasteiger partial charge in [-0.1, -0.05) is 45.2 Å². The highest BCUT2D eigenvalue weighted by atomic mass is 79.9. The number of hydrogen-bond acceptors (Lipinski definition) is 2. The molecule has 2 aromatic rings. The highest BCUT2D eigenvalue weighted by Crippen LogP contribution is 2.34. The fourth-order valence-electron chi connectivity index (χ4n) is 2.09. The van der Waals surface area contributed by atoms with Crippen LogP contribution in [0.4, 0.5) is 0 Å². The molecule has 0 N–H and O–H groups in total. The molecule has 5 heteroatoms. The Balaban J connectivity index is 2.20. The molecule has 0 aliphatic rings. The molecule has 2 nitrogen and oxygen atoms in total. The minimum atomic E-state index is 0.117. The van der Waals surface area contributed by atoms with Gasteiger partial charge in [0.05, 0.1) is 14.2 Å². The summed E-state index contributed by atoms with van der Waals surface area (Å²) in [6.45, 7) is 0. The first-order valence-corrected chi connectivity index (χ1v) is 8.01. The van der Waals surface area contributed by atoms with Gasteiger partial charge in [-0.2, -0.15) is 0 Å². The largest absolute Gasteiger partial charge is 0.493 e. The monoisotopic (exact) mass is 388 g/mol. The number of halogens is 3. The molecule has 0 aliphatic heterocycles. The summed E-state index contributed by atoms with van der Waals surface area (Å²) >= 11 is 15.8. The maximum Gasteiger partial charge on any atom is 0.160 e. The third-order valence-electron chi connectivity index (χ3n) is 3.11. The molecule has 112 valence electrons. The highest BCUT2D eigenvalue weighted by molar-refractivity contribution is 9.09. The Bertz CT molecular complexity index is 611. The van der Waals surface area contributed by atoms with Gasteiger partial charge in [-0.3, -0.25) is 0 Å². The van der Waals surface area contributed by atoms with Gasteiger partial charge in [0, 0.05) is 14.9 Å². The first-order valence-electron chi connectivity index (χ1n) is 6.34. The summed E-state index contributed by atoms with van der Waals surface area (Å²) in [6, 6.07) is 11.4. The zero-order chi connectivity index (χ0) is 15.4. The first kappa shape index (κ1) is 16.5. The van der Waals surface area contributed by atoms with Crippen LogP contribution in [0.5, 0.6) is 11.5 Å². The van der Waals surface area contributed by atoms with Crippen molar-refractivity contribution in [3.8, 4) is 11.5 Å². The molecule has 21 heavy (non-hydrogen) atoms. The lowest BCUT2D eigenvalue weighted by molar-refractivity contribution is 0.354. The lowest BCUT2D eigenvalue weighted by Crippen LogP contribution is -1.97. The molecule has 0 spiro atoms. The molecule has 0 amide bonds. The second-order valence-corrected chi connectivity index (χ2v) is 6.54.